The Labute approximate surface area is 401 Å². The van der Waals surface area contributed by atoms with E-state index >= 15 is 0 Å². The van der Waals surface area contributed by atoms with Crippen LogP contribution in [0.25, 0.3) is 0 Å². The van der Waals surface area contributed by atoms with E-state index in [0.29, 0.717) is 12.8 Å². The van der Waals surface area contributed by atoms with Gasteiger partial charge in [0, 0.05) is 12.5 Å². The average molecular weight is 955 g/mol. The van der Waals surface area contributed by atoms with E-state index in [0.717, 1.165) is 32.1 Å². The maximum Gasteiger partial charge on any atom is 0.330 e. The van der Waals surface area contributed by atoms with Crippen LogP contribution in [-0.4, -0.2) is 96.0 Å². The molecule has 0 aromatic rings. The summed E-state index contributed by atoms with van der Waals surface area (Å²) >= 11 is 0. The van der Waals surface area contributed by atoms with Gasteiger partial charge in [0.15, 0.2) is 12.4 Å². The zero-order valence-electron chi connectivity index (χ0n) is 41.3. The average Bonchev–Trinajstić information content (AvgIpc) is 3.28. The fourth-order valence-corrected chi connectivity index (χ4v) is 8.60. The van der Waals surface area contributed by atoms with Gasteiger partial charge in [0.25, 0.3) is 10.1 Å². The Morgan fingerprint density at radius 2 is 0.985 bits per heavy atom. The molecule has 0 aromatic carbocycles. The summed E-state index contributed by atoms with van der Waals surface area (Å²) in [5.74, 6) is -2.30. The first-order valence-electron chi connectivity index (χ1n) is 26.2. The summed E-state index contributed by atoms with van der Waals surface area (Å²) in [7, 11) is -4.62. The maximum absolute atomic E-state index is 12.8. The highest BCUT2D eigenvalue weighted by atomic mass is 32.2. The smallest absolute Gasteiger partial charge is 0.330 e. The molecular weight excluding hydrogens is 861 g/mol. The predicted octanol–water partition coefficient (Wildman–Crippen LogP) is 11.9. The van der Waals surface area contributed by atoms with Gasteiger partial charge in [-0.3, -0.25) is 9.35 Å². The van der Waals surface area contributed by atoms with Gasteiger partial charge in [0.2, 0.25) is 0 Å². The fraction of sp³-hybridized carbons (Fsp3) is 0.811. The summed E-state index contributed by atoms with van der Waals surface area (Å²) in [5.41, 5.74) is 0. The van der Waals surface area contributed by atoms with Crippen molar-refractivity contribution in [1.82, 2.24) is 0 Å². The molecule has 13 heteroatoms. The van der Waals surface area contributed by atoms with Crippen molar-refractivity contribution in [1.29, 1.82) is 0 Å². The van der Waals surface area contributed by atoms with E-state index in [1.165, 1.54) is 160 Å². The summed E-state index contributed by atoms with van der Waals surface area (Å²) in [6.45, 7) is 3.65. The van der Waals surface area contributed by atoms with Gasteiger partial charge in [-0.05, 0) is 51.4 Å². The molecule has 6 atom stereocenters. The SMILES string of the molecule is CCCCCCCCCCCCC/C=C/C=C/C(=O)OC[C@H](CO[C@H]1O[C@H](CS(=O)(=O)O)[C@@H](O)C(O)C1O)OC(=O)CCC/C=C/CC/C=C/CCCCCCCCCCCCCCCC. The molecule has 1 aliphatic heterocycles. The summed E-state index contributed by atoms with van der Waals surface area (Å²) in [6, 6.07) is 0. The number of carbonyl (C=O) groups is 2. The molecule has 12 nitrogen and oxygen atoms in total. The predicted molar refractivity (Wildman–Crippen MR) is 266 cm³/mol. The Kier molecular flexibility index (Phi) is 39.9. The monoisotopic (exact) mass is 955 g/mol. The van der Waals surface area contributed by atoms with Crippen LogP contribution >= 0.6 is 0 Å². The molecule has 0 aliphatic carbocycles. The van der Waals surface area contributed by atoms with Crippen molar-refractivity contribution in [3.63, 3.8) is 0 Å². The molecule has 384 valence electrons. The Morgan fingerprint density at radius 1 is 0.545 bits per heavy atom. The molecule has 1 fully saturated rings. The summed E-state index contributed by atoms with van der Waals surface area (Å²) < 4.78 is 54.0. The third kappa shape index (κ3) is 36.6. The third-order valence-corrected chi connectivity index (χ3v) is 12.7. The van der Waals surface area contributed by atoms with Crippen molar-refractivity contribution in [2.45, 2.75) is 256 Å². The van der Waals surface area contributed by atoms with Crippen LogP contribution in [0.3, 0.4) is 0 Å². The lowest BCUT2D eigenvalue weighted by atomic mass is 10.00. The van der Waals surface area contributed by atoms with Crippen LogP contribution in [0.15, 0.2) is 48.6 Å². The number of ether oxygens (including phenoxy) is 4. The van der Waals surface area contributed by atoms with Gasteiger partial charge in [-0.25, -0.2) is 4.79 Å². The highest BCUT2D eigenvalue weighted by molar-refractivity contribution is 7.85. The van der Waals surface area contributed by atoms with Crippen molar-refractivity contribution in [2.24, 2.45) is 0 Å². The van der Waals surface area contributed by atoms with Crippen molar-refractivity contribution in [3.05, 3.63) is 48.6 Å². The first-order chi connectivity index (χ1) is 32.0. The summed E-state index contributed by atoms with van der Waals surface area (Å²) in [6.07, 6.45) is 43.7. The molecule has 1 rings (SSSR count). The Morgan fingerprint density at radius 3 is 1.47 bits per heavy atom. The minimum atomic E-state index is -4.62. The number of hydrogen-bond acceptors (Lipinski definition) is 11. The molecule has 0 aromatic heterocycles. The second-order valence-corrected chi connectivity index (χ2v) is 19.7. The van der Waals surface area contributed by atoms with Crippen LogP contribution in [0, 0.1) is 0 Å². The summed E-state index contributed by atoms with van der Waals surface area (Å²) in [5, 5.41) is 30.9. The number of aliphatic hydroxyl groups excluding tert-OH is 3. The van der Waals surface area contributed by atoms with Crippen molar-refractivity contribution >= 4 is 22.1 Å². The first kappa shape index (κ1) is 61.6. The standard InChI is InChI=1S/C53H94O12S/c1-3-5-7-9-11-13-15-17-19-20-21-22-23-24-25-26-28-30-32-34-36-38-40-42-49(55)64-46(44-63-53-52(58)51(57)50(56)47(65-53)45-66(59,60)61)43-62-48(54)41-39-37-35-33-31-29-27-18-16-14-12-10-8-6-4-2/h26,28,34-37,39,41,46-47,50-53,56-58H,3-25,27,29-33,38,40,42-45H2,1-2H3,(H,59,60,61)/b28-26+,36-34+,37-35+,41-39+/t46-,47-,50-,51?,52?,53+/m1/s1. The molecule has 66 heavy (non-hydrogen) atoms. The first-order valence-corrected chi connectivity index (χ1v) is 27.8. The van der Waals surface area contributed by atoms with Gasteiger partial charge >= 0.3 is 11.9 Å². The molecule has 1 saturated heterocycles. The van der Waals surface area contributed by atoms with Crippen LogP contribution in [0.2, 0.25) is 0 Å². The highest BCUT2D eigenvalue weighted by Gasteiger charge is 2.46. The van der Waals surface area contributed by atoms with Crippen LogP contribution in [0.1, 0.15) is 219 Å². The fourth-order valence-electron chi connectivity index (χ4n) is 7.91. The Bertz CT molecular complexity index is 1400. The van der Waals surface area contributed by atoms with Crippen molar-refractivity contribution in [3.8, 4) is 0 Å². The Balaban J connectivity index is 2.42. The quantitative estimate of drug-likeness (QED) is 0.0113. The van der Waals surface area contributed by atoms with Gasteiger partial charge < -0.3 is 34.3 Å². The molecule has 0 saturated carbocycles. The molecule has 0 radical (unpaired) electrons. The number of esters is 2. The van der Waals surface area contributed by atoms with E-state index in [1.54, 1.807) is 12.2 Å². The second-order valence-electron chi connectivity index (χ2n) is 18.2. The number of aliphatic hydroxyl groups is 3. The number of allylic oxidation sites excluding steroid dienone is 7. The minimum Gasteiger partial charge on any atom is -0.458 e. The molecule has 0 spiro atoms. The number of hydrogen-bond donors (Lipinski definition) is 4. The lowest BCUT2D eigenvalue weighted by molar-refractivity contribution is -0.297. The van der Waals surface area contributed by atoms with Crippen LogP contribution < -0.4 is 0 Å². The third-order valence-electron chi connectivity index (χ3n) is 12.0. The van der Waals surface area contributed by atoms with Gasteiger partial charge in [-0.15, -0.1) is 0 Å². The van der Waals surface area contributed by atoms with E-state index in [2.05, 4.69) is 32.1 Å². The number of unbranched alkanes of at least 4 members (excludes halogenated alkanes) is 27. The largest absolute Gasteiger partial charge is 0.458 e. The molecule has 0 amide bonds. The number of rotatable bonds is 44. The van der Waals surface area contributed by atoms with Crippen molar-refractivity contribution < 1.29 is 56.8 Å². The maximum atomic E-state index is 12.8. The van der Waals surface area contributed by atoms with E-state index in [-0.39, 0.29) is 6.42 Å². The Hall–Kier alpha value is -2.39. The van der Waals surface area contributed by atoms with E-state index in [1.807, 2.05) is 12.2 Å². The topological polar surface area (TPSA) is 186 Å². The zero-order valence-corrected chi connectivity index (χ0v) is 42.1. The lowest BCUT2D eigenvalue weighted by Crippen LogP contribution is -2.60. The van der Waals surface area contributed by atoms with Crippen LogP contribution in [0.4, 0.5) is 0 Å². The van der Waals surface area contributed by atoms with Crippen LogP contribution in [-0.2, 0) is 38.7 Å². The van der Waals surface area contributed by atoms with Gasteiger partial charge in [0.1, 0.15) is 36.8 Å². The van der Waals surface area contributed by atoms with Gasteiger partial charge in [-0.1, -0.05) is 204 Å². The lowest BCUT2D eigenvalue weighted by Gasteiger charge is -2.40. The highest BCUT2D eigenvalue weighted by Crippen LogP contribution is 2.24. The van der Waals surface area contributed by atoms with E-state index < -0.39 is 77.8 Å². The van der Waals surface area contributed by atoms with Gasteiger partial charge in [0.05, 0.1) is 6.61 Å². The molecular formula is C53H94O12S. The van der Waals surface area contributed by atoms with E-state index in [4.69, 9.17) is 18.9 Å². The number of carbonyl (C=O) groups excluding carboxylic acids is 2. The minimum absolute atomic E-state index is 0.0849. The molecule has 4 N–H and O–H groups in total. The zero-order chi connectivity index (χ0) is 48.4. The normalized spacial score (nSPS) is 19.8. The van der Waals surface area contributed by atoms with E-state index in [9.17, 15) is 37.9 Å². The second kappa shape index (κ2) is 42.7. The molecule has 1 aliphatic rings. The van der Waals surface area contributed by atoms with Crippen molar-refractivity contribution in [2.75, 3.05) is 19.0 Å². The molecule has 0 bridgehead atoms. The van der Waals surface area contributed by atoms with Gasteiger partial charge in [-0.2, -0.15) is 8.42 Å². The summed E-state index contributed by atoms with van der Waals surface area (Å²) in [4.78, 5) is 25.4. The molecule has 1 heterocycles. The van der Waals surface area contributed by atoms with Crippen LogP contribution in [0.5, 0.6) is 0 Å². The molecule has 2 unspecified atom stereocenters.